The molecular weight excluding hydrogens is 288 g/mol. The Labute approximate surface area is 85.5 Å². The van der Waals surface area contributed by atoms with Crippen LogP contribution in [0.25, 0.3) is 10.8 Å². The van der Waals surface area contributed by atoms with Gasteiger partial charge in [-0.2, -0.15) is 11.3 Å². The summed E-state index contributed by atoms with van der Waals surface area (Å²) in [5.41, 5.74) is 0. The highest BCUT2D eigenvalue weighted by molar-refractivity contribution is 9.11. The second-order valence-corrected chi connectivity index (χ2v) is 4.78. The van der Waals surface area contributed by atoms with Crippen LogP contribution in [0.15, 0.2) is 31.8 Å². The van der Waals surface area contributed by atoms with Gasteiger partial charge in [-0.1, -0.05) is 31.9 Å². The van der Waals surface area contributed by atoms with E-state index < -0.39 is 0 Å². The first-order valence-electron chi connectivity index (χ1n) is 3.08. The SMILES string of the molecule is Brc1cc(Br)c2cscc2c1. The first-order valence-corrected chi connectivity index (χ1v) is 5.61. The fraction of sp³-hybridized carbons (Fsp3) is 0. The third-order valence-electron chi connectivity index (χ3n) is 1.51. The van der Waals surface area contributed by atoms with E-state index in [1.165, 1.54) is 10.8 Å². The maximum Gasteiger partial charge on any atom is 0.0273 e. The lowest BCUT2D eigenvalue weighted by Gasteiger charge is -1.94. The van der Waals surface area contributed by atoms with E-state index in [2.05, 4.69) is 54.8 Å². The Kier molecular flexibility index (Phi) is 2.04. The molecular formula is C8H4Br2S. The molecule has 3 heteroatoms. The van der Waals surface area contributed by atoms with Crippen molar-refractivity contribution >= 4 is 54.0 Å². The number of halogens is 2. The molecule has 0 unspecified atom stereocenters. The van der Waals surface area contributed by atoms with Crippen LogP contribution in [-0.4, -0.2) is 0 Å². The molecule has 0 aliphatic carbocycles. The molecule has 2 aromatic rings. The van der Waals surface area contributed by atoms with Crippen molar-refractivity contribution in [2.75, 3.05) is 0 Å². The number of thiophene rings is 1. The van der Waals surface area contributed by atoms with E-state index in [-0.39, 0.29) is 0 Å². The number of fused-ring (bicyclic) bond motifs is 1. The van der Waals surface area contributed by atoms with Gasteiger partial charge in [0.05, 0.1) is 0 Å². The van der Waals surface area contributed by atoms with Crippen LogP contribution < -0.4 is 0 Å². The molecule has 0 nitrogen and oxygen atoms in total. The molecule has 1 aromatic heterocycles. The molecule has 0 aliphatic rings. The summed E-state index contributed by atoms with van der Waals surface area (Å²) in [4.78, 5) is 0. The van der Waals surface area contributed by atoms with Gasteiger partial charge in [-0.15, -0.1) is 0 Å². The van der Waals surface area contributed by atoms with Crippen LogP contribution in [0, 0.1) is 0 Å². The van der Waals surface area contributed by atoms with Crippen LogP contribution in [0.5, 0.6) is 0 Å². The molecule has 0 fully saturated rings. The summed E-state index contributed by atoms with van der Waals surface area (Å²) in [6.07, 6.45) is 0. The van der Waals surface area contributed by atoms with Crippen molar-refractivity contribution < 1.29 is 0 Å². The molecule has 2 rings (SSSR count). The zero-order valence-electron chi connectivity index (χ0n) is 5.47. The molecule has 0 radical (unpaired) electrons. The molecule has 1 heterocycles. The summed E-state index contributed by atoms with van der Waals surface area (Å²) in [5.74, 6) is 0. The fourth-order valence-electron chi connectivity index (χ4n) is 1.00. The van der Waals surface area contributed by atoms with Gasteiger partial charge in [-0.05, 0) is 28.3 Å². The summed E-state index contributed by atoms with van der Waals surface area (Å²) in [6.45, 7) is 0. The summed E-state index contributed by atoms with van der Waals surface area (Å²) in [6, 6.07) is 4.19. The summed E-state index contributed by atoms with van der Waals surface area (Å²) in [7, 11) is 0. The van der Waals surface area contributed by atoms with Crippen molar-refractivity contribution in [3.63, 3.8) is 0 Å². The van der Waals surface area contributed by atoms with Gasteiger partial charge in [-0.3, -0.25) is 0 Å². The Bertz CT molecular complexity index is 392. The topological polar surface area (TPSA) is 0 Å². The normalized spacial score (nSPS) is 10.7. The maximum atomic E-state index is 3.50. The molecule has 11 heavy (non-hydrogen) atoms. The van der Waals surface area contributed by atoms with Crippen LogP contribution in [0.4, 0.5) is 0 Å². The Morgan fingerprint density at radius 1 is 1.09 bits per heavy atom. The van der Waals surface area contributed by atoms with E-state index in [0.717, 1.165) is 8.95 Å². The lowest BCUT2D eigenvalue weighted by atomic mass is 10.2. The molecule has 0 amide bonds. The van der Waals surface area contributed by atoms with Gasteiger partial charge in [0.15, 0.2) is 0 Å². The van der Waals surface area contributed by atoms with Gasteiger partial charge in [0, 0.05) is 14.3 Å². The predicted molar refractivity (Wildman–Crippen MR) is 57.2 cm³/mol. The molecule has 56 valence electrons. The zero-order valence-corrected chi connectivity index (χ0v) is 9.46. The third kappa shape index (κ3) is 1.37. The van der Waals surface area contributed by atoms with E-state index >= 15 is 0 Å². The Balaban J connectivity index is 2.91. The Hall–Kier alpha value is 0.140. The van der Waals surface area contributed by atoms with Gasteiger partial charge < -0.3 is 0 Å². The third-order valence-corrected chi connectivity index (χ3v) is 3.38. The molecule has 0 bridgehead atoms. The Morgan fingerprint density at radius 2 is 1.91 bits per heavy atom. The molecule has 0 aliphatic heterocycles. The van der Waals surface area contributed by atoms with Crippen LogP contribution in [0.2, 0.25) is 0 Å². The second kappa shape index (κ2) is 2.88. The molecule has 0 atom stereocenters. The monoisotopic (exact) mass is 290 g/mol. The predicted octanol–water partition coefficient (Wildman–Crippen LogP) is 4.43. The highest BCUT2D eigenvalue weighted by atomic mass is 79.9. The number of hydrogen-bond donors (Lipinski definition) is 0. The molecule has 0 spiro atoms. The second-order valence-electron chi connectivity index (χ2n) is 2.26. The minimum absolute atomic E-state index is 1.12. The molecule has 0 saturated heterocycles. The van der Waals surface area contributed by atoms with Crippen LogP contribution >= 0.6 is 43.2 Å². The summed E-state index contributed by atoms with van der Waals surface area (Å²) >= 11 is 8.67. The van der Waals surface area contributed by atoms with Crippen molar-refractivity contribution in [1.82, 2.24) is 0 Å². The van der Waals surface area contributed by atoms with Crippen molar-refractivity contribution in [1.29, 1.82) is 0 Å². The van der Waals surface area contributed by atoms with Crippen molar-refractivity contribution in [2.24, 2.45) is 0 Å². The van der Waals surface area contributed by atoms with Gasteiger partial charge >= 0.3 is 0 Å². The number of hydrogen-bond acceptors (Lipinski definition) is 1. The smallest absolute Gasteiger partial charge is 0.0273 e. The van der Waals surface area contributed by atoms with E-state index in [4.69, 9.17) is 0 Å². The Morgan fingerprint density at radius 3 is 2.73 bits per heavy atom. The molecule has 0 saturated carbocycles. The first-order chi connectivity index (χ1) is 5.27. The van der Waals surface area contributed by atoms with Gasteiger partial charge in [0.25, 0.3) is 0 Å². The van der Waals surface area contributed by atoms with E-state index in [9.17, 15) is 0 Å². The van der Waals surface area contributed by atoms with Crippen LogP contribution in [0.1, 0.15) is 0 Å². The summed E-state index contributed by atoms with van der Waals surface area (Å²) in [5, 5.41) is 6.87. The lowest BCUT2D eigenvalue weighted by Crippen LogP contribution is -1.68. The number of rotatable bonds is 0. The van der Waals surface area contributed by atoms with Crippen LogP contribution in [0.3, 0.4) is 0 Å². The van der Waals surface area contributed by atoms with Gasteiger partial charge in [0.1, 0.15) is 0 Å². The highest BCUT2D eigenvalue weighted by Gasteiger charge is 1.99. The van der Waals surface area contributed by atoms with Crippen LogP contribution in [-0.2, 0) is 0 Å². The van der Waals surface area contributed by atoms with Crippen molar-refractivity contribution in [3.05, 3.63) is 31.8 Å². The van der Waals surface area contributed by atoms with E-state index in [0.29, 0.717) is 0 Å². The quantitative estimate of drug-likeness (QED) is 0.674. The number of benzene rings is 1. The van der Waals surface area contributed by atoms with Gasteiger partial charge in [0.2, 0.25) is 0 Å². The van der Waals surface area contributed by atoms with Gasteiger partial charge in [-0.25, -0.2) is 0 Å². The average Bonchev–Trinajstić information content (AvgIpc) is 2.34. The lowest BCUT2D eigenvalue weighted by molar-refractivity contribution is 1.71. The van der Waals surface area contributed by atoms with Crippen molar-refractivity contribution in [3.8, 4) is 0 Å². The summed E-state index contributed by atoms with van der Waals surface area (Å²) < 4.78 is 2.28. The van der Waals surface area contributed by atoms with E-state index in [1.807, 2.05) is 0 Å². The minimum Gasteiger partial charge on any atom is -0.151 e. The largest absolute Gasteiger partial charge is 0.151 e. The standard InChI is InChI=1S/C8H4Br2S/c9-6-1-5-3-11-4-7(5)8(10)2-6/h1-4H. The van der Waals surface area contributed by atoms with E-state index in [1.54, 1.807) is 11.3 Å². The fourth-order valence-corrected chi connectivity index (χ4v) is 3.33. The zero-order chi connectivity index (χ0) is 7.84. The first kappa shape index (κ1) is 7.77. The average molecular weight is 292 g/mol. The molecule has 0 N–H and O–H groups in total. The molecule has 1 aromatic carbocycles. The van der Waals surface area contributed by atoms with Crippen molar-refractivity contribution in [2.45, 2.75) is 0 Å². The minimum atomic E-state index is 1.12. The maximum absolute atomic E-state index is 3.50. The highest BCUT2D eigenvalue weighted by Crippen LogP contribution is 2.30.